The molecule has 0 aliphatic rings. The Morgan fingerprint density at radius 1 is 1.13 bits per heavy atom. The molecule has 1 N–H and O–H groups in total. The van der Waals surface area contributed by atoms with Gasteiger partial charge in [0.15, 0.2) is 0 Å². The van der Waals surface area contributed by atoms with Gasteiger partial charge in [0.2, 0.25) is 0 Å². The summed E-state index contributed by atoms with van der Waals surface area (Å²) in [5, 5.41) is 2.87. The van der Waals surface area contributed by atoms with Crippen molar-refractivity contribution in [2.24, 2.45) is 0 Å². The number of amides is 1. The van der Waals surface area contributed by atoms with E-state index in [-0.39, 0.29) is 11.7 Å². The first-order chi connectivity index (χ1) is 11.0. The Balaban J connectivity index is 2.13. The first-order valence-electron chi connectivity index (χ1n) is 7.46. The molecule has 23 heavy (non-hydrogen) atoms. The smallest absolute Gasteiger partial charge is 0.387 e. The normalized spacial score (nSPS) is 12.0. The van der Waals surface area contributed by atoms with Crippen LogP contribution in [0.3, 0.4) is 0 Å². The van der Waals surface area contributed by atoms with E-state index in [1.807, 2.05) is 24.3 Å². The summed E-state index contributed by atoms with van der Waals surface area (Å²) in [4.78, 5) is 12.3. The molecule has 2 aromatic carbocycles. The van der Waals surface area contributed by atoms with Gasteiger partial charge in [0.25, 0.3) is 5.91 Å². The monoisotopic (exact) mass is 319 g/mol. The van der Waals surface area contributed by atoms with E-state index in [2.05, 4.69) is 23.9 Å². The molecule has 5 heteroatoms. The molecule has 122 valence electrons. The van der Waals surface area contributed by atoms with Gasteiger partial charge in [-0.1, -0.05) is 32.0 Å². The molecule has 0 heterocycles. The lowest BCUT2D eigenvalue weighted by atomic mass is 9.97. The predicted molar refractivity (Wildman–Crippen MR) is 86.2 cm³/mol. The Morgan fingerprint density at radius 2 is 1.78 bits per heavy atom. The Kier molecular flexibility index (Phi) is 5.68. The lowest BCUT2D eigenvalue weighted by Gasteiger charge is -2.15. The zero-order valence-corrected chi connectivity index (χ0v) is 13.1. The number of hydrogen-bond acceptors (Lipinski definition) is 2. The van der Waals surface area contributed by atoms with Gasteiger partial charge in [-0.2, -0.15) is 8.78 Å². The van der Waals surface area contributed by atoms with Gasteiger partial charge in [-0.15, -0.1) is 0 Å². The molecule has 0 aliphatic carbocycles. The van der Waals surface area contributed by atoms with E-state index in [4.69, 9.17) is 0 Å². The summed E-state index contributed by atoms with van der Waals surface area (Å²) in [6, 6.07) is 13.3. The minimum atomic E-state index is -2.88. The number of carbonyl (C=O) groups excluding carboxylic acids is 1. The number of nitrogens with one attached hydrogen (secondary N) is 1. The summed E-state index contributed by atoms with van der Waals surface area (Å²) in [7, 11) is 0. The molecule has 0 aliphatic heterocycles. The van der Waals surface area contributed by atoms with E-state index in [0.717, 1.165) is 17.7 Å². The maximum Gasteiger partial charge on any atom is 0.387 e. The Labute approximate surface area is 134 Å². The summed E-state index contributed by atoms with van der Waals surface area (Å²) in [5.74, 6) is 0.0641. The third-order valence-electron chi connectivity index (χ3n) is 3.69. The molecule has 0 aromatic heterocycles. The molecule has 0 saturated carbocycles. The van der Waals surface area contributed by atoms with Crippen LogP contribution in [-0.2, 0) is 0 Å². The number of hydrogen-bond donors (Lipinski definition) is 1. The van der Waals surface area contributed by atoms with Crippen LogP contribution in [0.2, 0.25) is 0 Å². The molecule has 0 radical (unpaired) electrons. The molecular weight excluding hydrogens is 300 g/mol. The van der Waals surface area contributed by atoms with E-state index >= 15 is 0 Å². The Morgan fingerprint density at radius 3 is 2.39 bits per heavy atom. The van der Waals surface area contributed by atoms with Gasteiger partial charge >= 0.3 is 6.61 Å². The number of benzene rings is 2. The van der Waals surface area contributed by atoms with Crippen LogP contribution in [0.5, 0.6) is 5.75 Å². The van der Waals surface area contributed by atoms with Gasteiger partial charge in [-0.25, -0.2) is 0 Å². The van der Waals surface area contributed by atoms with Crippen LogP contribution >= 0.6 is 0 Å². The minimum absolute atomic E-state index is 0.0246. The second kappa shape index (κ2) is 7.72. The first kappa shape index (κ1) is 16.9. The summed E-state index contributed by atoms with van der Waals surface area (Å²) < 4.78 is 28.5. The molecule has 2 aromatic rings. The van der Waals surface area contributed by atoms with Gasteiger partial charge < -0.3 is 10.1 Å². The molecule has 0 fully saturated rings. The highest BCUT2D eigenvalue weighted by Gasteiger charge is 2.13. The summed E-state index contributed by atoms with van der Waals surface area (Å²) >= 11 is 0. The van der Waals surface area contributed by atoms with E-state index in [1.165, 1.54) is 24.3 Å². The molecule has 0 saturated heterocycles. The van der Waals surface area contributed by atoms with Gasteiger partial charge in [0.05, 0.1) is 0 Å². The van der Waals surface area contributed by atoms with Crippen LogP contribution < -0.4 is 10.1 Å². The van der Waals surface area contributed by atoms with Crippen molar-refractivity contribution < 1.29 is 18.3 Å². The summed E-state index contributed by atoms with van der Waals surface area (Å²) in [6.07, 6.45) is 0.965. The van der Waals surface area contributed by atoms with Crippen LogP contribution in [0.4, 0.5) is 14.5 Å². The zero-order chi connectivity index (χ0) is 16.8. The summed E-state index contributed by atoms with van der Waals surface area (Å²) in [6.45, 7) is 1.31. The lowest BCUT2D eigenvalue weighted by Crippen LogP contribution is -2.14. The molecule has 3 nitrogen and oxygen atoms in total. The average molecular weight is 319 g/mol. The number of para-hydroxylation sites is 1. The standard InChI is InChI=1S/C18H19F2NO2/c1-3-12(2)15-6-4-5-7-16(15)21-17(22)13-8-10-14(11-9-13)23-18(19)20/h4-12,18H,3H2,1-2H3,(H,21,22)/t12-/m0/s1. The van der Waals surface area contributed by atoms with Crippen molar-refractivity contribution in [2.75, 3.05) is 5.32 Å². The maximum atomic E-state index is 12.3. The fraction of sp³-hybridized carbons (Fsp3) is 0.278. The number of ether oxygens (including phenoxy) is 1. The fourth-order valence-electron chi connectivity index (χ4n) is 2.24. The topological polar surface area (TPSA) is 38.3 Å². The number of carbonyl (C=O) groups is 1. The van der Waals surface area contributed by atoms with Crippen LogP contribution in [0.25, 0.3) is 0 Å². The first-order valence-corrected chi connectivity index (χ1v) is 7.46. The van der Waals surface area contributed by atoms with Gasteiger partial charge in [-0.05, 0) is 48.2 Å². The van der Waals surface area contributed by atoms with E-state index in [9.17, 15) is 13.6 Å². The molecule has 0 spiro atoms. The van der Waals surface area contributed by atoms with Crippen molar-refractivity contribution in [3.05, 3.63) is 59.7 Å². The van der Waals surface area contributed by atoms with Crippen molar-refractivity contribution >= 4 is 11.6 Å². The largest absolute Gasteiger partial charge is 0.435 e. The number of alkyl halides is 2. The third-order valence-corrected chi connectivity index (χ3v) is 3.69. The average Bonchev–Trinajstić information content (AvgIpc) is 2.54. The van der Waals surface area contributed by atoms with Crippen LogP contribution in [-0.4, -0.2) is 12.5 Å². The van der Waals surface area contributed by atoms with E-state index < -0.39 is 6.61 Å². The lowest BCUT2D eigenvalue weighted by molar-refractivity contribution is -0.0498. The SMILES string of the molecule is CC[C@H](C)c1ccccc1NC(=O)c1ccc(OC(F)F)cc1. The highest BCUT2D eigenvalue weighted by molar-refractivity contribution is 6.04. The van der Waals surface area contributed by atoms with Crippen molar-refractivity contribution in [2.45, 2.75) is 32.8 Å². The quantitative estimate of drug-likeness (QED) is 0.808. The second-order valence-electron chi connectivity index (χ2n) is 5.25. The van der Waals surface area contributed by atoms with Crippen LogP contribution in [0.15, 0.2) is 48.5 Å². The molecule has 1 amide bonds. The van der Waals surface area contributed by atoms with Crippen LogP contribution in [0, 0.1) is 0 Å². The molecule has 1 atom stereocenters. The fourth-order valence-corrected chi connectivity index (χ4v) is 2.24. The minimum Gasteiger partial charge on any atom is -0.435 e. The molecule has 0 bridgehead atoms. The number of anilines is 1. The van der Waals surface area contributed by atoms with Crippen molar-refractivity contribution in [3.8, 4) is 5.75 Å². The van der Waals surface area contributed by atoms with E-state index in [1.54, 1.807) is 0 Å². The predicted octanol–water partition coefficient (Wildman–Crippen LogP) is 5.05. The van der Waals surface area contributed by atoms with Gasteiger partial charge in [0, 0.05) is 11.3 Å². The molecular formula is C18H19F2NO2. The van der Waals surface area contributed by atoms with E-state index in [0.29, 0.717) is 11.5 Å². The Hall–Kier alpha value is -2.43. The molecule has 0 unspecified atom stereocenters. The number of halogens is 2. The van der Waals surface area contributed by atoms with Crippen molar-refractivity contribution in [1.82, 2.24) is 0 Å². The third kappa shape index (κ3) is 4.52. The highest BCUT2D eigenvalue weighted by Crippen LogP contribution is 2.27. The zero-order valence-electron chi connectivity index (χ0n) is 13.1. The maximum absolute atomic E-state index is 12.3. The van der Waals surface area contributed by atoms with Crippen LogP contribution in [0.1, 0.15) is 42.1 Å². The Bertz CT molecular complexity index is 656. The van der Waals surface area contributed by atoms with Gasteiger partial charge in [-0.3, -0.25) is 4.79 Å². The second-order valence-corrected chi connectivity index (χ2v) is 5.25. The molecule has 2 rings (SSSR count). The van der Waals surface area contributed by atoms with Crippen molar-refractivity contribution in [1.29, 1.82) is 0 Å². The number of rotatable bonds is 6. The summed E-state index contributed by atoms with van der Waals surface area (Å²) in [5.41, 5.74) is 2.21. The highest BCUT2D eigenvalue weighted by atomic mass is 19.3. The van der Waals surface area contributed by atoms with Crippen molar-refractivity contribution in [3.63, 3.8) is 0 Å². The van der Waals surface area contributed by atoms with Gasteiger partial charge in [0.1, 0.15) is 5.75 Å².